The molecule has 2 rings (SSSR count). The predicted octanol–water partition coefficient (Wildman–Crippen LogP) is 0.947. The van der Waals surface area contributed by atoms with Crippen molar-refractivity contribution in [3.05, 3.63) is 29.3 Å². The van der Waals surface area contributed by atoms with Crippen LogP contribution in [0.25, 0.3) is 5.78 Å². The maximum absolute atomic E-state index is 10.3. The number of aliphatic carboxylic acids is 1. The van der Waals surface area contributed by atoms with Crippen molar-refractivity contribution in [2.45, 2.75) is 20.5 Å². The highest BCUT2D eigenvalue weighted by molar-refractivity contribution is 5.67. The highest BCUT2D eigenvalue weighted by Gasteiger charge is 2.06. The molecule has 0 bridgehead atoms. The van der Waals surface area contributed by atoms with E-state index >= 15 is 0 Å². The number of aryl methyl sites for hydroxylation is 2. The van der Waals surface area contributed by atoms with Gasteiger partial charge in [-0.2, -0.15) is 0 Å². The van der Waals surface area contributed by atoms with Gasteiger partial charge in [0.15, 0.2) is 0 Å². The zero-order chi connectivity index (χ0) is 12.4. The zero-order valence-corrected chi connectivity index (χ0v) is 9.67. The molecular weight excluding hydrogens is 222 g/mol. The van der Waals surface area contributed by atoms with Gasteiger partial charge in [-0.15, -0.1) is 0 Å². The third-order valence-electron chi connectivity index (χ3n) is 2.29. The minimum absolute atomic E-state index is 0.175. The van der Waals surface area contributed by atoms with Crippen molar-refractivity contribution >= 4 is 11.7 Å². The molecule has 0 fully saturated rings. The molecule has 90 valence electrons. The molecule has 0 spiro atoms. The lowest BCUT2D eigenvalue weighted by Crippen LogP contribution is -2.06. The second-order valence-electron chi connectivity index (χ2n) is 3.83. The number of aromatic nitrogens is 3. The minimum Gasteiger partial charge on any atom is -0.480 e. The Kier molecular flexibility index (Phi) is 3.06. The smallest absolute Gasteiger partial charge is 0.329 e. The first-order chi connectivity index (χ1) is 8.06. The lowest BCUT2D eigenvalue weighted by Gasteiger charge is -1.98. The summed E-state index contributed by atoms with van der Waals surface area (Å²) in [5.41, 5.74) is 2.61. The Bertz CT molecular complexity index is 562. The highest BCUT2D eigenvalue weighted by Crippen LogP contribution is 2.09. The van der Waals surface area contributed by atoms with Gasteiger partial charge in [0.25, 0.3) is 0 Å². The van der Waals surface area contributed by atoms with E-state index < -0.39 is 5.97 Å². The van der Waals surface area contributed by atoms with E-state index in [2.05, 4.69) is 9.97 Å². The molecule has 0 aliphatic rings. The van der Waals surface area contributed by atoms with E-state index in [-0.39, 0.29) is 13.2 Å². The molecule has 0 atom stereocenters. The van der Waals surface area contributed by atoms with Gasteiger partial charge in [0.05, 0.1) is 12.3 Å². The van der Waals surface area contributed by atoms with Crippen LogP contribution in [0.1, 0.15) is 17.1 Å². The molecule has 2 aromatic rings. The molecule has 0 saturated carbocycles. The maximum atomic E-state index is 10.3. The van der Waals surface area contributed by atoms with Crippen molar-refractivity contribution in [2.75, 3.05) is 6.61 Å². The third kappa shape index (κ3) is 2.59. The van der Waals surface area contributed by atoms with Gasteiger partial charge in [-0.3, -0.25) is 4.40 Å². The normalized spacial score (nSPS) is 10.9. The van der Waals surface area contributed by atoms with Crippen LogP contribution in [0.3, 0.4) is 0 Å². The molecule has 1 N–H and O–H groups in total. The standard InChI is InChI=1S/C11H13N3O3/c1-7-3-8(2)14-4-9(13-11(14)12-7)5-17-6-10(15)16/h3-4H,5-6H2,1-2H3,(H,15,16). The molecule has 17 heavy (non-hydrogen) atoms. The molecule has 0 radical (unpaired) electrons. The average Bonchev–Trinajstić information content (AvgIpc) is 2.60. The summed E-state index contributed by atoms with van der Waals surface area (Å²) in [5.74, 6) is -0.379. The van der Waals surface area contributed by atoms with E-state index in [1.165, 1.54) is 0 Å². The molecule has 2 heterocycles. The quantitative estimate of drug-likeness (QED) is 0.853. The number of carboxylic acids is 1. The molecule has 0 amide bonds. The van der Waals surface area contributed by atoms with E-state index in [1.54, 1.807) is 6.20 Å². The number of carbonyl (C=O) groups is 1. The molecule has 2 aromatic heterocycles. The number of fused-ring (bicyclic) bond motifs is 1. The van der Waals surface area contributed by atoms with E-state index in [9.17, 15) is 4.79 Å². The first-order valence-electron chi connectivity index (χ1n) is 5.18. The third-order valence-corrected chi connectivity index (χ3v) is 2.29. The maximum Gasteiger partial charge on any atom is 0.329 e. The van der Waals surface area contributed by atoms with Crippen LogP contribution in [-0.4, -0.2) is 32.1 Å². The Morgan fingerprint density at radius 2 is 2.24 bits per heavy atom. The summed E-state index contributed by atoms with van der Waals surface area (Å²) in [7, 11) is 0. The molecule has 0 aromatic carbocycles. The number of carboxylic acid groups (broad SMARTS) is 1. The monoisotopic (exact) mass is 235 g/mol. The van der Waals surface area contributed by atoms with E-state index in [0.29, 0.717) is 11.5 Å². The topological polar surface area (TPSA) is 76.7 Å². The fraction of sp³-hybridized carbons (Fsp3) is 0.364. The number of rotatable bonds is 4. The van der Waals surface area contributed by atoms with Crippen molar-refractivity contribution in [3.8, 4) is 0 Å². The number of hydrogen-bond acceptors (Lipinski definition) is 4. The summed E-state index contributed by atoms with van der Waals surface area (Å²) in [4.78, 5) is 18.8. The van der Waals surface area contributed by atoms with Gasteiger partial charge in [0, 0.05) is 17.6 Å². The number of hydrogen-bond donors (Lipinski definition) is 1. The Morgan fingerprint density at radius 3 is 2.94 bits per heavy atom. The average molecular weight is 235 g/mol. The summed E-state index contributed by atoms with van der Waals surface area (Å²) in [6.07, 6.45) is 1.80. The molecule has 0 aliphatic carbocycles. The van der Waals surface area contributed by atoms with Gasteiger partial charge in [-0.1, -0.05) is 0 Å². The van der Waals surface area contributed by atoms with Crippen LogP contribution in [0.5, 0.6) is 0 Å². The fourth-order valence-corrected chi connectivity index (χ4v) is 1.63. The molecule has 6 heteroatoms. The van der Waals surface area contributed by atoms with Gasteiger partial charge in [-0.25, -0.2) is 14.8 Å². The number of nitrogens with zero attached hydrogens (tertiary/aromatic N) is 3. The second-order valence-corrected chi connectivity index (χ2v) is 3.83. The Morgan fingerprint density at radius 1 is 1.47 bits per heavy atom. The predicted molar refractivity (Wildman–Crippen MR) is 59.8 cm³/mol. The van der Waals surface area contributed by atoms with Crippen molar-refractivity contribution in [1.82, 2.24) is 14.4 Å². The number of imidazole rings is 1. The van der Waals surface area contributed by atoms with Crippen LogP contribution >= 0.6 is 0 Å². The second kappa shape index (κ2) is 4.50. The first kappa shape index (κ1) is 11.5. The minimum atomic E-state index is -0.987. The molecule has 0 unspecified atom stereocenters. The van der Waals surface area contributed by atoms with Crippen LogP contribution in [0.2, 0.25) is 0 Å². The van der Waals surface area contributed by atoms with Gasteiger partial charge in [0.1, 0.15) is 6.61 Å². The van der Waals surface area contributed by atoms with Gasteiger partial charge in [-0.05, 0) is 19.9 Å². The largest absolute Gasteiger partial charge is 0.480 e. The van der Waals surface area contributed by atoms with Crippen LogP contribution in [0.4, 0.5) is 0 Å². The van der Waals surface area contributed by atoms with Crippen molar-refractivity contribution in [3.63, 3.8) is 0 Å². The Labute approximate surface area is 97.9 Å². The van der Waals surface area contributed by atoms with E-state index in [4.69, 9.17) is 9.84 Å². The van der Waals surface area contributed by atoms with E-state index in [1.807, 2.05) is 24.3 Å². The van der Waals surface area contributed by atoms with Crippen LogP contribution < -0.4 is 0 Å². The van der Waals surface area contributed by atoms with Crippen molar-refractivity contribution in [1.29, 1.82) is 0 Å². The Hall–Kier alpha value is -1.95. The molecule has 0 aliphatic heterocycles. The summed E-state index contributed by atoms with van der Waals surface area (Å²) in [6.45, 7) is 3.72. The van der Waals surface area contributed by atoms with Crippen LogP contribution in [0, 0.1) is 13.8 Å². The summed E-state index contributed by atoms with van der Waals surface area (Å²) in [5, 5.41) is 8.45. The Balaban J connectivity index is 2.20. The first-order valence-corrected chi connectivity index (χ1v) is 5.18. The molecular formula is C11H13N3O3. The fourth-order valence-electron chi connectivity index (χ4n) is 1.63. The lowest BCUT2D eigenvalue weighted by atomic mass is 10.3. The van der Waals surface area contributed by atoms with Gasteiger partial charge < -0.3 is 9.84 Å². The highest BCUT2D eigenvalue weighted by atomic mass is 16.5. The zero-order valence-electron chi connectivity index (χ0n) is 9.67. The number of ether oxygens (including phenoxy) is 1. The van der Waals surface area contributed by atoms with Gasteiger partial charge in [0.2, 0.25) is 5.78 Å². The molecule has 0 saturated heterocycles. The van der Waals surface area contributed by atoms with Crippen LogP contribution in [-0.2, 0) is 16.1 Å². The van der Waals surface area contributed by atoms with Gasteiger partial charge >= 0.3 is 5.97 Å². The van der Waals surface area contributed by atoms with E-state index in [0.717, 1.165) is 11.4 Å². The molecule has 6 nitrogen and oxygen atoms in total. The van der Waals surface area contributed by atoms with Crippen LogP contribution in [0.15, 0.2) is 12.3 Å². The van der Waals surface area contributed by atoms with Crippen molar-refractivity contribution in [2.24, 2.45) is 0 Å². The summed E-state index contributed by atoms with van der Waals surface area (Å²) in [6, 6.07) is 1.95. The van der Waals surface area contributed by atoms with Crippen molar-refractivity contribution < 1.29 is 14.6 Å². The SMILES string of the molecule is Cc1cc(C)n2cc(COCC(=O)O)nc2n1. The summed E-state index contributed by atoms with van der Waals surface area (Å²) < 4.78 is 6.83. The summed E-state index contributed by atoms with van der Waals surface area (Å²) >= 11 is 0. The lowest BCUT2D eigenvalue weighted by molar-refractivity contribution is -0.142.